The number of hydrogen-bond donors (Lipinski definition) is 2. The second kappa shape index (κ2) is 7.67. The molecule has 0 aliphatic rings. The summed E-state index contributed by atoms with van der Waals surface area (Å²) < 4.78 is 31.8. The molecule has 0 amide bonds. The van der Waals surface area contributed by atoms with Crippen LogP contribution in [0.25, 0.3) is 0 Å². The summed E-state index contributed by atoms with van der Waals surface area (Å²) in [4.78, 5) is 10.8. The average Bonchev–Trinajstić information content (AvgIpc) is 2.42. The Labute approximate surface area is 124 Å². The number of ether oxygens (including phenoxy) is 1. The van der Waals surface area contributed by atoms with Gasteiger partial charge in [0.15, 0.2) is 0 Å². The standard InChI is InChI=1S/C14H17NO5S/c1-3-4-5-8-15-21(18,19)13-7-6-12(20-2)9-11(13)10-14(16)17/h6-7,9,15H,5,8,10H2,1-2H3,(H,16,17). The van der Waals surface area contributed by atoms with Crippen molar-refractivity contribution in [2.45, 2.75) is 24.7 Å². The van der Waals surface area contributed by atoms with E-state index in [4.69, 9.17) is 9.84 Å². The van der Waals surface area contributed by atoms with Gasteiger partial charge in [0.05, 0.1) is 18.4 Å². The lowest BCUT2D eigenvalue weighted by Gasteiger charge is -2.11. The van der Waals surface area contributed by atoms with Crippen LogP contribution in [0.15, 0.2) is 23.1 Å². The zero-order valence-corrected chi connectivity index (χ0v) is 12.7. The Morgan fingerprint density at radius 1 is 1.43 bits per heavy atom. The molecule has 0 aliphatic heterocycles. The fourth-order valence-electron chi connectivity index (χ4n) is 1.70. The highest BCUT2D eigenvalue weighted by atomic mass is 32.2. The molecule has 0 bridgehead atoms. The Balaban J connectivity index is 3.07. The Kier molecular flexibility index (Phi) is 6.21. The van der Waals surface area contributed by atoms with Gasteiger partial charge in [0.2, 0.25) is 10.0 Å². The van der Waals surface area contributed by atoms with Gasteiger partial charge in [0.25, 0.3) is 0 Å². The third-order valence-corrected chi connectivity index (χ3v) is 4.18. The molecule has 0 unspecified atom stereocenters. The van der Waals surface area contributed by atoms with Gasteiger partial charge in [-0.3, -0.25) is 4.79 Å². The van der Waals surface area contributed by atoms with Gasteiger partial charge in [-0.2, -0.15) is 0 Å². The minimum atomic E-state index is -3.78. The van der Waals surface area contributed by atoms with Crippen molar-refractivity contribution in [3.63, 3.8) is 0 Å². The molecule has 0 atom stereocenters. The average molecular weight is 311 g/mol. The van der Waals surface area contributed by atoms with E-state index >= 15 is 0 Å². The Hall–Kier alpha value is -2.04. The molecule has 0 heterocycles. The maximum atomic E-state index is 12.2. The van der Waals surface area contributed by atoms with Gasteiger partial charge in [-0.25, -0.2) is 13.1 Å². The fourth-order valence-corrected chi connectivity index (χ4v) is 2.95. The number of benzene rings is 1. The van der Waals surface area contributed by atoms with Crippen LogP contribution in [-0.2, 0) is 21.2 Å². The first-order chi connectivity index (χ1) is 9.90. The first-order valence-electron chi connectivity index (χ1n) is 6.18. The van der Waals surface area contributed by atoms with Crippen molar-refractivity contribution >= 4 is 16.0 Å². The molecule has 2 N–H and O–H groups in total. The van der Waals surface area contributed by atoms with Gasteiger partial charge in [-0.05, 0) is 30.7 Å². The minimum Gasteiger partial charge on any atom is -0.497 e. The highest BCUT2D eigenvalue weighted by molar-refractivity contribution is 7.89. The van der Waals surface area contributed by atoms with Crippen molar-refractivity contribution in [3.8, 4) is 17.6 Å². The SMILES string of the molecule is CC#CCCNS(=O)(=O)c1ccc(OC)cc1CC(=O)O. The van der Waals surface area contributed by atoms with E-state index in [0.29, 0.717) is 12.2 Å². The van der Waals surface area contributed by atoms with Crippen LogP contribution in [0.4, 0.5) is 0 Å². The van der Waals surface area contributed by atoms with Crippen LogP contribution in [0.1, 0.15) is 18.9 Å². The van der Waals surface area contributed by atoms with Crippen molar-refractivity contribution < 1.29 is 23.1 Å². The quantitative estimate of drug-likeness (QED) is 0.579. The van der Waals surface area contributed by atoms with E-state index < -0.39 is 22.4 Å². The molecule has 6 nitrogen and oxygen atoms in total. The summed E-state index contributed by atoms with van der Waals surface area (Å²) in [5, 5.41) is 8.89. The van der Waals surface area contributed by atoms with Gasteiger partial charge in [-0.15, -0.1) is 11.8 Å². The molecular weight excluding hydrogens is 294 g/mol. The minimum absolute atomic E-state index is 0.0600. The number of methoxy groups -OCH3 is 1. The summed E-state index contributed by atoms with van der Waals surface area (Å²) in [6.07, 6.45) is -0.0116. The molecule has 0 radical (unpaired) electrons. The number of carboxylic acid groups (broad SMARTS) is 1. The van der Waals surface area contributed by atoms with Crippen LogP contribution in [0, 0.1) is 11.8 Å². The number of aliphatic carboxylic acids is 1. The van der Waals surface area contributed by atoms with Crippen LogP contribution in [-0.4, -0.2) is 33.1 Å². The van der Waals surface area contributed by atoms with Crippen molar-refractivity contribution in [2.75, 3.05) is 13.7 Å². The second-order valence-electron chi connectivity index (χ2n) is 4.12. The fraction of sp³-hybridized carbons (Fsp3) is 0.357. The highest BCUT2D eigenvalue weighted by Crippen LogP contribution is 2.22. The van der Waals surface area contributed by atoms with Gasteiger partial charge in [0.1, 0.15) is 5.75 Å². The van der Waals surface area contributed by atoms with Gasteiger partial charge < -0.3 is 9.84 Å². The maximum absolute atomic E-state index is 12.2. The summed E-state index contributed by atoms with van der Waals surface area (Å²) in [6, 6.07) is 4.23. The number of carboxylic acids is 1. The van der Waals surface area contributed by atoms with E-state index in [9.17, 15) is 13.2 Å². The molecule has 1 aromatic rings. The van der Waals surface area contributed by atoms with Crippen LogP contribution < -0.4 is 9.46 Å². The molecule has 0 saturated heterocycles. The molecule has 7 heteroatoms. The van der Waals surface area contributed by atoms with Crippen LogP contribution in [0.2, 0.25) is 0 Å². The monoisotopic (exact) mass is 311 g/mol. The highest BCUT2D eigenvalue weighted by Gasteiger charge is 2.20. The van der Waals surface area contributed by atoms with Crippen molar-refractivity contribution in [1.82, 2.24) is 4.72 Å². The van der Waals surface area contributed by atoms with E-state index in [2.05, 4.69) is 16.6 Å². The van der Waals surface area contributed by atoms with Gasteiger partial charge >= 0.3 is 5.97 Å². The molecule has 0 spiro atoms. The van der Waals surface area contributed by atoms with Crippen molar-refractivity contribution in [1.29, 1.82) is 0 Å². The molecular formula is C14H17NO5S. The van der Waals surface area contributed by atoms with Crippen LogP contribution in [0.5, 0.6) is 5.75 Å². The first kappa shape index (κ1) is 17.0. The predicted molar refractivity (Wildman–Crippen MR) is 77.6 cm³/mol. The summed E-state index contributed by atoms with van der Waals surface area (Å²) in [5.74, 6) is 4.70. The summed E-state index contributed by atoms with van der Waals surface area (Å²) >= 11 is 0. The molecule has 0 aliphatic carbocycles. The number of nitrogens with one attached hydrogen (secondary N) is 1. The number of hydrogen-bond acceptors (Lipinski definition) is 4. The normalized spacial score (nSPS) is 10.6. The first-order valence-corrected chi connectivity index (χ1v) is 7.67. The van der Waals surface area contributed by atoms with Crippen molar-refractivity contribution in [2.24, 2.45) is 0 Å². The lowest BCUT2D eigenvalue weighted by Crippen LogP contribution is -2.26. The summed E-state index contributed by atoms with van der Waals surface area (Å²) in [7, 11) is -2.35. The molecule has 114 valence electrons. The lowest BCUT2D eigenvalue weighted by atomic mass is 10.1. The Morgan fingerprint density at radius 3 is 2.71 bits per heavy atom. The molecule has 0 aromatic heterocycles. The predicted octanol–water partition coefficient (Wildman–Crippen LogP) is 1.01. The maximum Gasteiger partial charge on any atom is 0.307 e. The lowest BCUT2D eigenvalue weighted by molar-refractivity contribution is -0.136. The second-order valence-corrected chi connectivity index (χ2v) is 5.85. The zero-order valence-electron chi connectivity index (χ0n) is 11.8. The molecule has 1 rings (SSSR count). The topological polar surface area (TPSA) is 92.7 Å². The van der Waals surface area contributed by atoms with Crippen LogP contribution in [0.3, 0.4) is 0 Å². The van der Waals surface area contributed by atoms with E-state index in [1.165, 1.54) is 25.3 Å². The van der Waals surface area contributed by atoms with Crippen molar-refractivity contribution in [3.05, 3.63) is 23.8 Å². The number of carbonyl (C=O) groups is 1. The molecule has 1 aromatic carbocycles. The summed E-state index contributed by atoms with van der Waals surface area (Å²) in [5.41, 5.74) is 0.177. The third-order valence-electron chi connectivity index (χ3n) is 2.62. The Morgan fingerprint density at radius 2 is 2.14 bits per heavy atom. The molecule has 0 fully saturated rings. The third kappa shape index (κ3) is 5.10. The van der Waals surface area contributed by atoms with Gasteiger partial charge in [0, 0.05) is 13.0 Å². The Bertz CT molecular complexity index is 670. The van der Waals surface area contributed by atoms with E-state index in [1.54, 1.807) is 6.92 Å². The molecule has 0 saturated carbocycles. The zero-order chi connectivity index (χ0) is 15.9. The largest absolute Gasteiger partial charge is 0.497 e. The number of rotatable bonds is 7. The summed E-state index contributed by atoms with van der Waals surface area (Å²) in [6.45, 7) is 1.84. The van der Waals surface area contributed by atoms with Crippen LogP contribution >= 0.6 is 0 Å². The number of sulfonamides is 1. The molecule has 21 heavy (non-hydrogen) atoms. The van der Waals surface area contributed by atoms with Gasteiger partial charge in [-0.1, -0.05) is 0 Å². The van der Waals surface area contributed by atoms with E-state index in [1.807, 2.05) is 0 Å². The smallest absolute Gasteiger partial charge is 0.307 e. The van der Waals surface area contributed by atoms with E-state index in [0.717, 1.165) is 0 Å². The van der Waals surface area contributed by atoms with E-state index in [-0.39, 0.29) is 17.0 Å².